The summed E-state index contributed by atoms with van der Waals surface area (Å²) in [5.41, 5.74) is 3.45. The summed E-state index contributed by atoms with van der Waals surface area (Å²) in [6.45, 7) is 6.26. The predicted molar refractivity (Wildman–Crippen MR) is 81.8 cm³/mol. The third-order valence-electron chi connectivity index (χ3n) is 4.19. The lowest BCUT2D eigenvalue weighted by atomic mass is 10.1. The highest BCUT2D eigenvalue weighted by Gasteiger charge is 2.24. The molecule has 0 bridgehead atoms. The highest BCUT2D eigenvalue weighted by molar-refractivity contribution is 7.99. The standard InChI is InChI=1S/C15H25N3S/c1-10-11(2)17-15(18-12(10)3)19-14-9-7-5-6-8-13(14)16-4/h13-14,16H,5-9H2,1-4H3. The van der Waals surface area contributed by atoms with Gasteiger partial charge in [-0.3, -0.25) is 0 Å². The molecule has 19 heavy (non-hydrogen) atoms. The Morgan fingerprint density at radius 3 is 2.26 bits per heavy atom. The smallest absolute Gasteiger partial charge is 0.188 e. The van der Waals surface area contributed by atoms with E-state index in [1.807, 2.05) is 11.8 Å². The Kier molecular flexibility index (Phi) is 5.22. The van der Waals surface area contributed by atoms with Gasteiger partial charge >= 0.3 is 0 Å². The molecule has 0 radical (unpaired) electrons. The number of aryl methyl sites for hydroxylation is 2. The Morgan fingerprint density at radius 1 is 1.00 bits per heavy atom. The van der Waals surface area contributed by atoms with Crippen molar-refractivity contribution in [2.45, 2.75) is 69.3 Å². The summed E-state index contributed by atoms with van der Waals surface area (Å²) < 4.78 is 0. The van der Waals surface area contributed by atoms with Gasteiger partial charge in [-0.1, -0.05) is 31.0 Å². The molecule has 106 valence electrons. The summed E-state index contributed by atoms with van der Waals surface area (Å²) >= 11 is 1.86. The van der Waals surface area contributed by atoms with Crippen molar-refractivity contribution in [3.8, 4) is 0 Å². The van der Waals surface area contributed by atoms with E-state index in [4.69, 9.17) is 0 Å². The largest absolute Gasteiger partial charge is 0.316 e. The van der Waals surface area contributed by atoms with Crippen LogP contribution in [0.5, 0.6) is 0 Å². The summed E-state index contributed by atoms with van der Waals surface area (Å²) in [7, 11) is 2.08. The van der Waals surface area contributed by atoms with Gasteiger partial charge in [0.2, 0.25) is 0 Å². The zero-order chi connectivity index (χ0) is 13.8. The number of rotatable bonds is 3. The van der Waals surface area contributed by atoms with E-state index >= 15 is 0 Å². The van der Waals surface area contributed by atoms with Crippen LogP contribution in [-0.2, 0) is 0 Å². The summed E-state index contributed by atoms with van der Waals surface area (Å²) in [5, 5.41) is 5.04. The quantitative estimate of drug-likeness (QED) is 0.679. The van der Waals surface area contributed by atoms with Gasteiger partial charge in [-0.05, 0) is 46.2 Å². The minimum Gasteiger partial charge on any atom is -0.316 e. The number of aromatic nitrogens is 2. The van der Waals surface area contributed by atoms with E-state index < -0.39 is 0 Å². The molecule has 2 atom stereocenters. The first kappa shape index (κ1) is 14.8. The van der Waals surface area contributed by atoms with Crippen molar-refractivity contribution < 1.29 is 0 Å². The number of nitrogens with zero attached hydrogens (tertiary/aromatic N) is 2. The second kappa shape index (κ2) is 6.71. The van der Waals surface area contributed by atoms with Crippen LogP contribution < -0.4 is 5.32 Å². The monoisotopic (exact) mass is 279 g/mol. The van der Waals surface area contributed by atoms with Crippen molar-refractivity contribution in [3.05, 3.63) is 17.0 Å². The molecule has 1 aromatic rings. The third-order valence-corrected chi connectivity index (χ3v) is 5.45. The van der Waals surface area contributed by atoms with Crippen LogP contribution in [0, 0.1) is 20.8 Å². The number of thioether (sulfide) groups is 1. The van der Waals surface area contributed by atoms with Crippen molar-refractivity contribution >= 4 is 11.8 Å². The molecule has 4 heteroatoms. The lowest BCUT2D eigenvalue weighted by Gasteiger charge is -2.23. The fraction of sp³-hybridized carbons (Fsp3) is 0.733. The summed E-state index contributed by atoms with van der Waals surface area (Å²) in [5.74, 6) is 0. The second-order valence-electron chi connectivity index (χ2n) is 5.49. The van der Waals surface area contributed by atoms with Gasteiger partial charge in [0, 0.05) is 22.7 Å². The van der Waals surface area contributed by atoms with Gasteiger partial charge in [0.05, 0.1) is 0 Å². The molecule has 1 aliphatic carbocycles. The SMILES string of the molecule is CNC1CCCCCC1Sc1nc(C)c(C)c(C)n1. The van der Waals surface area contributed by atoms with Crippen LogP contribution >= 0.6 is 11.8 Å². The molecule has 0 saturated heterocycles. The van der Waals surface area contributed by atoms with E-state index in [1.165, 1.54) is 37.7 Å². The molecule has 1 fully saturated rings. The molecule has 0 amide bonds. The minimum atomic E-state index is 0.595. The predicted octanol–water partition coefficient (Wildman–Crippen LogP) is 3.41. The van der Waals surface area contributed by atoms with Crippen LogP contribution in [0.15, 0.2) is 5.16 Å². The Hall–Kier alpha value is -0.610. The van der Waals surface area contributed by atoms with Crippen LogP contribution in [-0.4, -0.2) is 28.3 Å². The van der Waals surface area contributed by atoms with Crippen molar-refractivity contribution in [1.82, 2.24) is 15.3 Å². The van der Waals surface area contributed by atoms with E-state index in [0.717, 1.165) is 16.5 Å². The molecule has 1 aliphatic rings. The maximum absolute atomic E-state index is 4.65. The highest BCUT2D eigenvalue weighted by Crippen LogP contribution is 2.31. The first-order chi connectivity index (χ1) is 9.11. The van der Waals surface area contributed by atoms with Crippen molar-refractivity contribution in [3.63, 3.8) is 0 Å². The summed E-state index contributed by atoms with van der Waals surface area (Å²) in [6, 6.07) is 0.595. The van der Waals surface area contributed by atoms with Gasteiger partial charge in [0.15, 0.2) is 5.16 Å². The molecular formula is C15H25N3S. The molecule has 3 nitrogen and oxygen atoms in total. The topological polar surface area (TPSA) is 37.8 Å². The minimum absolute atomic E-state index is 0.595. The van der Waals surface area contributed by atoms with Crippen LogP contribution in [0.2, 0.25) is 0 Å². The second-order valence-corrected chi connectivity index (χ2v) is 6.70. The maximum Gasteiger partial charge on any atom is 0.188 e. The molecule has 1 aromatic heterocycles. The van der Waals surface area contributed by atoms with Crippen LogP contribution in [0.25, 0.3) is 0 Å². The van der Waals surface area contributed by atoms with E-state index in [2.05, 4.69) is 43.1 Å². The van der Waals surface area contributed by atoms with Crippen molar-refractivity contribution in [2.24, 2.45) is 0 Å². The Labute approximate surface area is 121 Å². The fourth-order valence-electron chi connectivity index (χ4n) is 2.67. The normalized spacial score (nSPS) is 24.2. The number of hydrogen-bond acceptors (Lipinski definition) is 4. The number of nitrogens with one attached hydrogen (secondary N) is 1. The van der Waals surface area contributed by atoms with Crippen LogP contribution in [0.1, 0.15) is 49.1 Å². The zero-order valence-electron chi connectivity index (χ0n) is 12.5. The molecule has 0 aliphatic heterocycles. The average Bonchev–Trinajstić information content (AvgIpc) is 2.61. The first-order valence-corrected chi connectivity index (χ1v) is 8.15. The molecule has 0 aromatic carbocycles. The Balaban J connectivity index is 2.14. The zero-order valence-corrected chi connectivity index (χ0v) is 13.3. The lowest BCUT2D eigenvalue weighted by molar-refractivity contribution is 0.509. The first-order valence-electron chi connectivity index (χ1n) is 7.27. The molecular weight excluding hydrogens is 254 g/mol. The maximum atomic E-state index is 4.65. The lowest BCUT2D eigenvalue weighted by Crippen LogP contribution is -2.34. The fourth-order valence-corrected chi connectivity index (χ4v) is 4.05. The molecule has 1 saturated carbocycles. The molecule has 2 unspecified atom stereocenters. The van der Waals surface area contributed by atoms with Gasteiger partial charge in [0.25, 0.3) is 0 Å². The molecule has 1 N–H and O–H groups in total. The van der Waals surface area contributed by atoms with E-state index in [9.17, 15) is 0 Å². The molecule has 0 spiro atoms. The van der Waals surface area contributed by atoms with E-state index in [-0.39, 0.29) is 0 Å². The van der Waals surface area contributed by atoms with Gasteiger partial charge < -0.3 is 5.32 Å². The third kappa shape index (κ3) is 3.69. The van der Waals surface area contributed by atoms with Crippen molar-refractivity contribution in [2.75, 3.05) is 7.05 Å². The Bertz CT molecular complexity index is 410. The van der Waals surface area contributed by atoms with Crippen LogP contribution in [0.3, 0.4) is 0 Å². The summed E-state index contributed by atoms with van der Waals surface area (Å²) in [4.78, 5) is 9.30. The van der Waals surface area contributed by atoms with Crippen LogP contribution in [0.4, 0.5) is 0 Å². The van der Waals surface area contributed by atoms with Gasteiger partial charge in [0.1, 0.15) is 0 Å². The van der Waals surface area contributed by atoms with Gasteiger partial charge in [-0.2, -0.15) is 0 Å². The Morgan fingerprint density at radius 2 is 1.63 bits per heavy atom. The average molecular weight is 279 g/mol. The van der Waals surface area contributed by atoms with Crippen molar-refractivity contribution in [1.29, 1.82) is 0 Å². The molecule has 1 heterocycles. The number of hydrogen-bond donors (Lipinski definition) is 1. The highest BCUT2D eigenvalue weighted by atomic mass is 32.2. The van der Waals surface area contributed by atoms with E-state index in [1.54, 1.807) is 0 Å². The molecule has 2 rings (SSSR count). The van der Waals surface area contributed by atoms with E-state index in [0.29, 0.717) is 11.3 Å². The van der Waals surface area contributed by atoms with Gasteiger partial charge in [-0.15, -0.1) is 0 Å². The van der Waals surface area contributed by atoms with Gasteiger partial charge in [-0.25, -0.2) is 9.97 Å². The summed E-state index contributed by atoms with van der Waals surface area (Å²) in [6.07, 6.45) is 6.58.